The number of rotatable bonds is 5. The van der Waals surface area contributed by atoms with Crippen LogP contribution in [0.4, 0.5) is 5.69 Å². The van der Waals surface area contributed by atoms with E-state index in [1.807, 2.05) is 13.0 Å². The fourth-order valence-electron chi connectivity index (χ4n) is 1.55. The van der Waals surface area contributed by atoms with Gasteiger partial charge in [-0.1, -0.05) is 12.1 Å². The molecule has 0 spiro atoms. The summed E-state index contributed by atoms with van der Waals surface area (Å²) < 4.78 is 0. The molecule has 0 radical (unpaired) electrons. The van der Waals surface area contributed by atoms with Gasteiger partial charge >= 0.3 is 0 Å². The summed E-state index contributed by atoms with van der Waals surface area (Å²) in [5, 5.41) is 10.7. The van der Waals surface area contributed by atoms with E-state index in [0.717, 1.165) is 17.4 Å². The zero-order chi connectivity index (χ0) is 11.3. The molecule has 0 N–H and O–H groups in total. The number of unbranched alkanes of at least 4 members (excludes halogenated alkanes) is 1. The van der Waals surface area contributed by atoms with Gasteiger partial charge in [0.1, 0.15) is 6.29 Å². The predicted octanol–water partition coefficient (Wildman–Crippen LogP) is 2.42. The van der Waals surface area contributed by atoms with Gasteiger partial charge in [0.05, 0.1) is 4.92 Å². The van der Waals surface area contributed by atoms with Crippen LogP contribution in [0.5, 0.6) is 0 Å². The van der Waals surface area contributed by atoms with Crippen LogP contribution in [-0.4, -0.2) is 11.2 Å². The highest BCUT2D eigenvalue weighted by Gasteiger charge is 2.14. The molecule has 1 rings (SSSR count). The molecule has 0 aliphatic heterocycles. The number of aryl methyl sites for hydroxylation is 1. The Labute approximate surface area is 88.1 Å². The van der Waals surface area contributed by atoms with Crippen molar-refractivity contribution < 1.29 is 9.72 Å². The lowest BCUT2D eigenvalue weighted by molar-refractivity contribution is -0.385. The molecule has 0 atom stereocenters. The summed E-state index contributed by atoms with van der Waals surface area (Å²) in [6.07, 6.45) is 2.53. The molecule has 4 heteroatoms. The molecule has 0 bridgehead atoms. The van der Waals surface area contributed by atoms with Crippen LogP contribution in [0.3, 0.4) is 0 Å². The first-order valence-corrected chi connectivity index (χ1v) is 4.83. The summed E-state index contributed by atoms with van der Waals surface area (Å²) >= 11 is 0. The van der Waals surface area contributed by atoms with E-state index in [4.69, 9.17) is 0 Å². The third kappa shape index (κ3) is 2.87. The number of hydrogen-bond donors (Lipinski definition) is 0. The number of hydrogen-bond acceptors (Lipinski definition) is 3. The van der Waals surface area contributed by atoms with Gasteiger partial charge in [-0.15, -0.1) is 0 Å². The Morgan fingerprint density at radius 1 is 1.47 bits per heavy atom. The molecular weight excluding hydrogens is 194 g/mol. The second kappa shape index (κ2) is 5.24. The SMILES string of the molecule is Cc1cccc([N+](=O)[O-])c1CCCC=O. The molecule has 0 saturated heterocycles. The molecule has 0 fully saturated rings. The molecule has 0 saturated carbocycles. The first-order chi connectivity index (χ1) is 7.16. The summed E-state index contributed by atoms with van der Waals surface area (Å²) in [5.74, 6) is 0. The van der Waals surface area contributed by atoms with Crippen LogP contribution in [0.2, 0.25) is 0 Å². The van der Waals surface area contributed by atoms with Gasteiger partial charge < -0.3 is 4.79 Å². The van der Waals surface area contributed by atoms with E-state index in [2.05, 4.69) is 0 Å². The zero-order valence-corrected chi connectivity index (χ0v) is 8.60. The van der Waals surface area contributed by atoms with Crippen LogP contribution in [0.25, 0.3) is 0 Å². The molecule has 4 nitrogen and oxygen atoms in total. The Kier molecular flexibility index (Phi) is 3.97. The van der Waals surface area contributed by atoms with Crippen LogP contribution >= 0.6 is 0 Å². The Hall–Kier alpha value is -1.71. The zero-order valence-electron chi connectivity index (χ0n) is 8.60. The Bertz CT molecular complexity index is 374. The van der Waals surface area contributed by atoms with Gasteiger partial charge in [0, 0.05) is 18.1 Å². The molecular formula is C11H13NO3. The van der Waals surface area contributed by atoms with Gasteiger partial charge in [0.15, 0.2) is 0 Å². The van der Waals surface area contributed by atoms with E-state index in [1.54, 1.807) is 6.07 Å². The van der Waals surface area contributed by atoms with Crippen LogP contribution in [-0.2, 0) is 11.2 Å². The van der Waals surface area contributed by atoms with Crippen molar-refractivity contribution in [2.75, 3.05) is 0 Å². The average molecular weight is 207 g/mol. The Morgan fingerprint density at radius 3 is 2.80 bits per heavy atom. The van der Waals surface area contributed by atoms with Crippen LogP contribution in [0.1, 0.15) is 24.0 Å². The summed E-state index contributed by atoms with van der Waals surface area (Å²) in [4.78, 5) is 20.5. The molecule has 0 aliphatic carbocycles. The highest BCUT2D eigenvalue weighted by Crippen LogP contribution is 2.23. The highest BCUT2D eigenvalue weighted by molar-refractivity contribution is 5.50. The molecule has 15 heavy (non-hydrogen) atoms. The van der Waals surface area contributed by atoms with E-state index in [1.165, 1.54) is 6.07 Å². The van der Waals surface area contributed by atoms with E-state index in [-0.39, 0.29) is 10.6 Å². The molecule has 0 aliphatic rings. The van der Waals surface area contributed by atoms with E-state index < -0.39 is 0 Å². The van der Waals surface area contributed by atoms with Crippen molar-refractivity contribution in [3.8, 4) is 0 Å². The van der Waals surface area contributed by atoms with Gasteiger partial charge in [-0.05, 0) is 25.3 Å². The fraction of sp³-hybridized carbons (Fsp3) is 0.364. The maximum atomic E-state index is 10.7. The number of aldehydes is 1. The number of nitro groups is 1. The number of nitro benzene ring substituents is 1. The van der Waals surface area contributed by atoms with Crippen molar-refractivity contribution in [3.05, 3.63) is 39.4 Å². The number of nitrogens with zero attached hydrogens (tertiary/aromatic N) is 1. The Morgan fingerprint density at radius 2 is 2.20 bits per heavy atom. The normalized spacial score (nSPS) is 9.93. The minimum atomic E-state index is -0.372. The second-order valence-electron chi connectivity index (χ2n) is 3.39. The Balaban J connectivity index is 2.92. The van der Waals surface area contributed by atoms with Gasteiger partial charge in [0.2, 0.25) is 0 Å². The van der Waals surface area contributed by atoms with Crippen molar-refractivity contribution in [1.29, 1.82) is 0 Å². The maximum absolute atomic E-state index is 10.7. The van der Waals surface area contributed by atoms with Crippen molar-refractivity contribution in [1.82, 2.24) is 0 Å². The molecule has 80 valence electrons. The van der Waals surface area contributed by atoms with Gasteiger partial charge in [-0.25, -0.2) is 0 Å². The van der Waals surface area contributed by atoms with Crippen LogP contribution in [0.15, 0.2) is 18.2 Å². The maximum Gasteiger partial charge on any atom is 0.272 e. The van der Waals surface area contributed by atoms with E-state index in [0.29, 0.717) is 19.3 Å². The standard InChI is InChI=1S/C11H13NO3/c1-9-5-4-7-11(12(14)15)10(9)6-2-3-8-13/h4-5,7-8H,2-3,6H2,1H3. The van der Waals surface area contributed by atoms with Gasteiger partial charge in [-0.2, -0.15) is 0 Å². The molecule has 0 amide bonds. The van der Waals surface area contributed by atoms with Crippen LogP contribution in [0, 0.1) is 17.0 Å². The lowest BCUT2D eigenvalue weighted by Gasteiger charge is -2.04. The smallest absolute Gasteiger partial charge is 0.272 e. The summed E-state index contributed by atoms with van der Waals surface area (Å²) in [5.41, 5.74) is 1.81. The molecule has 0 heterocycles. The van der Waals surface area contributed by atoms with Gasteiger partial charge in [0.25, 0.3) is 5.69 Å². The van der Waals surface area contributed by atoms with Gasteiger partial charge in [-0.3, -0.25) is 10.1 Å². The molecule has 0 unspecified atom stereocenters. The van der Waals surface area contributed by atoms with E-state index >= 15 is 0 Å². The quantitative estimate of drug-likeness (QED) is 0.322. The third-order valence-corrected chi connectivity index (χ3v) is 2.33. The number of benzene rings is 1. The topological polar surface area (TPSA) is 60.2 Å². The average Bonchev–Trinajstić information content (AvgIpc) is 2.20. The van der Waals surface area contributed by atoms with Crippen molar-refractivity contribution in [2.24, 2.45) is 0 Å². The first-order valence-electron chi connectivity index (χ1n) is 4.83. The largest absolute Gasteiger partial charge is 0.303 e. The van der Waals surface area contributed by atoms with Crippen LogP contribution < -0.4 is 0 Å². The lowest BCUT2D eigenvalue weighted by atomic mass is 10.0. The van der Waals surface area contributed by atoms with Crippen molar-refractivity contribution >= 4 is 12.0 Å². The monoisotopic (exact) mass is 207 g/mol. The van der Waals surface area contributed by atoms with E-state index in [9.17, 15) is 14.9 Å². The minimum absolute atomic E-state index is 0.154. The van der Waals surface area contributed by atoms with Crippen molar-refractivity contribution in [3.63, 3.8) is 0 Å². The molecule has 0 aromatic heterocycles. The third-order valence-electron chi connectivity index (χ3n) is 2.33. The fourth-order valence-corrected chi connectivity index (χ4v) is 1.55. The number of carbonyl (C=O) groups is 1. The highest BCUT2D eigenvalue weighted by atomic mass is 16.6. The number of carbonyl (C=O) groups excluding carboxylic acids is 1. The lowest BCUT2D eigenvalue weighted by Crippen LogP contribution is -1.98. The molecule has 1 aromatic carbocycles. The van der Waals surface area contributed by atoms with Crippen molar-refractivity contribution in [2.45, 2.75) is 26.2 Å². The predicted molar refractivity (Wildman–Crippen MR) is 56.8 cm³/mol. The summed E-state index contributed by atoms with van der Waals surface area (Å²) in [6, 6.07) is 5.03. The minimum Gasteiger partial charge on any atom is -0.303 e. The molecule has 1 aromatic rings. The first kappa shape index (κ1) is 11.4. The summed E-state index contributed by atoms with van der Waals surface area (Å²) in [6.45, 7) is 1.85. The summed E-state index contributed by atoms with van der Waals surface area (Å²) in [7, 11) is 0. The second-order valence-corrected chi connectivity index (χ2v) is 3.39.